The molecule has 17 heavy (non-hydrogen) atoms. The normalized spacial score (nSPS) is 22.5. The molecule has 0 saturated heterocycles. The number of ketones is 1. The van der Waals surface area contributed by atoms with Crippen LogP contribution in [0.3, 0.4) is 0 Å². The Kier molecular flexibility index (Phi) is 2.91. The molecule has 0 atom stereocenters. The summed E-state index contributed by atoms with van der Waals surface area (Å²) in [5.74, 6) is 2.45. The van der Waals surface area contributed by atoms with Crippen molar-refractivity contribution in [3.8, 4) is 0 Å². The lowest BCUT2D eigenvalue weighted by atomic mass is 9.82. The zero-order chi connectivity index (χ0) is 11.7. The van der Waals surface area contributed by atoms with Gasteiger partial charge >= 0.3 is 0 Å². The molecule has 0 amide bonds. The zero-order valence-electron chi connectivity index (χ0n) is 10.1. The summed E-state index contributed by atoms with van der Waals surface area (Å²) < 4.78 is 0. The van der Waals surface area contributed by atoms with Crippen LogP contribution in [-0.4, -0.2) is 15.8 Å². The third kappa shape index (κ3) is 2.24. The number of hydrogen-bond donors (Lipinski definition) is 0. The topological polar surface area (TPSA) is 42.9 Å². The van der Waals surface area contributed by atoms with Crippen molar-refractivity contribution in [2.45, 2.75) is 56.8 Å². The minimum atomic E-state index is 0.399. The summed E-state index contributed by atoms with van der Waals surface area (Å²) in [6.07, 6.45) is 9.08. The van der Waals surface area contributed by atoms with Crippen LogP contribution in [0.5, 0.6) is 0 Å². The van der Waals surface area contributed by atoms with Gasteiger partial charge in [0.15, 0.2) is 0 Å². The maximum atomic E-state index is 11.2. The minimum absolute atomic E-state index is 0.399. The van der Waals surface area contributed by atoms with Gasteiger partial charge in [0, 0.05) is 36.6 Å². The van der Waals surface area contributed by atoms with Crippen molar-refractivity contribution >= 4 is 5.78 Å². The first kappa shape index (κ1) is 10.9. The Bertz CT molecular complexity index is 416. The van der Waals surface area contributed by atoms with Gasteiger partial charge in [-0.1, -0.05) is 6.42 Å². The number of carbonyl (C=O) groups is 1. The summed E-state index contributed by atoms with van der Waals surface area (Å²) in [6.45, 7) is 0. The van der Waals surface area contributed by atoms with E-state index in [0.717, 1.165) is 18.7 Å². The van der Waals surface area contributed by atoms with E-state index in [-0.39, 0.29) is 0 Å². The van der Waals surface area contributed by atoms with Crippen LogP contribution < -0.4 is 0 Å². The van der Waals surface area contributed by atoms with Crippen LogP contribution in [0.4, 0.5) is 0 Å². The Morgan fingerprint density at radius 1 is 1.06 bits per heavy atom. The highest BCUT2D eigenvalue weighted by molar-refractivity contribution is 5.79. The molecule has 0 aliphatic heterocycles. The van der Waals surface area contributed by atoms with Gasteiger partial charge in [-0.15, -0.1) is 0 Å². The molecule has 3 nitrogen and oxygen atoms in total. The fourth-order valence-electron chi connectivity index (χ4n) is 2.71. The van der Waals surface area contributed by atoms with E-state index in [1.807, 2.05) is 6.20 Å². The van der Waals surface area contributed by atoms with Gasteiger partial charge in [0.1, 0.15) is 11.6 Å². The quantitative estimate of drug-likeness (QED) is 0.784. The van der Waals surface area contributed by atoms with E-state index in [2.05, 4.69) is 11.1 Å². The Morgan fingerprint density at radius 2 is 1.82 bits per heavy atom. The van der Waals surface area contributed by atoms with E-state index in [4.69, 9.17) is 4.98 Å². The first-order valence-electron chi connectivity index (χ1n) is 6.67. The van der Waals surface area contributed by atoms with Crippen molar-refractivity contribution in [1.82, 2.24) is 9.97 Å². The fraction of sp³-hybridized carbons (Fsp3) is 0.643. The molecule has 0 aromatic carbocycles. The van der Waals surface area contributed by atoms with Crippen molar-refractivity contribution in [3.05, 3.63) is 23.8 Å². The molecule has 2 aliphatic carbocycles. The van der Waals surface area contributed by atoms with E-state index < -0.39 is 0 Å². The summed E-state index contributed by atoms with van der Waals surface area (Å²) in [7, 11) is 0. The van der Waals surface area contributed by atoms with Crippen molar-refractivity contribution < 1.29 is 4.79 Å². The van der Waals surface area contributed by atoms with Crippen molar-refractivity contribution in [2.24, 2.45) is 0 Å². The zero-order valence-corrected chi connectivity index (χ0v) is 10.1. The number of rotatable bonds is 2. The largest absolute Gasteiger partial charge is 0.300 e. The van der Waals surface area contributed by atoms with Crippen LogP contribution in [0.15, 0.2) is 12.3 Å². The standard InChI is InChI=1S/C14H18N2O/c17-12-6-4-11(5-7-12)14-15-9-8-13(16-14)10-2-1-3-10/h8-11H,1-7H2. The molecule has 1 heterocycles. The molecule has 2 fully saturated rings. The maximum absolute atomic E-state index is 11.2. The van der Waals surface area contributed by atoms with E-state index in [0.29, 0.717) is 30.5 Å². The molecule has 3 rings (SSSR count). The second-order valence-corrected chi connectivity index (χ2v) is 5.28. The highest BCUT2D eigenvalue weighted by atomic mass is 16.1. The Balaban J connectivity index is 1.75. The molecule has 90 valence electrons. The molecule has 0 radical (unpaired) electrons. The first-order chi connectivity index (χ1) is 8.33. The number of carbonyl (C=O) groups excluding carboxylic acids is 1. The van der Waals surface area contributed by atoms with E-state index in [1.54, 1.807) is 0 Å². The summed E-state index contributed by atoms with van der Waals surface area (Å²) in [5.41, 5.74) is 1.22. The van der Waals surface area contributed by atoms with Gasteiger partial charge in [-0.2, -0.15) is 0 Å². The molecule has 0 N–H and O–H groups in total. The van der Waals surface area contributed by atoms with Crippen LogP contribution in [0, 0.1) is 0 Å². The lowest BCUT2D eigenvalue weighted by Crippen LogP contribution is -2.17. The van der Waals surface area contributed by atoms with Crippen LogP contribution in [0.2, 0.25) is 0 Å². The highest BCUT2D eigenvalue weighted by Gasteiger charge is 2.25. The molecule has 0 unspecified atom stereocenters. The van der Waals surface area contributed by atoms with E-state index >= 15 is 0 Å². The van der Waals surface area contributed by atoms with Gasteiger partial charge in [-0.05, 0) is 31.7 Å². The van der Waals surface area contributed by atoms with Crippen molar-refractivity contribution in [3.63, 3.8) is 0 Å². The average Bonchev–Trinajstić information content (AvgIpc) is 2.28. The molecule has 3 heteroatoms. The Labute approximate surface area is 102 Å². The third-order valence-corrected chi connectivity index (χ3v) is 4.13. The van der Waals surface area contributed by atoms with Gasteiger partial charge in [0.05, 0.1) is 0 Å². The number of Topliss-reactive ketones (excluding diaryl/α,β-unsaturated/α-hetero) is 1. The summed E-state index contributed by atoms with van der Waals surface area (Å²) in [5, 5.41) is 0. The van der Waals surface area contributed by atoms with Crippen LogP contribution in [0.25, 0.3) is 0 Å². The summed E-state index contributed by atoms with van der Waals surface area (Å²) >= 11 is 0. The minimum Gasteiger partial charge on any atom is -0.300 e. The van der Waals surface area contributed by atoms with Crippen LogP contribution >= 0.6 is 0 Å². The summed E-state index contributed by atoms with van der Waals surface area (Å²) in [4.78, 5) is 20.4. The molecule has 0 bridgehead atoms. The van der Waals surface area contributed by atoms with Crippen LogP contribution in [-0.2, 0) is 4.79 Å². The lowest BCUT2D eigenvalue weighted by Gasteiger charge is -2.26. The molecular formula is C14H18N2O. The van der Waals surface area contributed by atoms with Gasteiger partial charge in [0.2, 0.25) is 0 Å². The Hall–Kier alpha value is -1.25. The fourth-order valence-corrected chi connectivity index (χ4v) is 2.71. The van der Waals surface area contributed by atoms with E-state index in [1.165, 1.54) is 25.0 Å². The molecule has 0 spiro atoms. The van der Waals surface area contributed by atoms with E-state index in [9.17, 15) is 4.79 Å². The smallest absolute Gasteiger partial charge is 0.132 e. The van der Waals surface area contributed by atoms with Crippen molar-refractivity contribution in [2.75, 3.05) is 0 Å². The maximum Gasteiger partial charge on any atom is 0.132 e. The predicted octanol–water partition coefficient (Wildman–Crippen LogP) is 2.97. The van der Waals surface area contributed by atoms with Gasteiger partial charge in [-0.25, -0.2) is 9.97 Å². The van der Waals surface area contributed by atoms with Crippen molar-refractivity contribution in [1.29, 1.82) is 0 Å². The molecule has 2 aliphatic rings. The molecule has 1 aromatic rings. The van der Waals surface area contributed by atoms with Gasteiger partial charge in [-0.3, -0.25) is 4.79 Å². The average molecular weight is 230 g/mol. The highest BCUT2D eigenvalue weighted by Crippen LogP contribution is 2.36. The molecular weight excluding hydrogens is 212 g/mol. The second kappa shape index (κ2) is 4.55. The number of nitrogens with zero attached hydrogens (tertiary/aromatic N) is 2. The SMILES string of the molecule is O=C1CCC(c2nccc(C3CCC3)n2)CC1. The second-order valence-electron chi connectivity index (χ2n) is 5.28. The first-order valence-corrected chi connectivity index (χ1v) is 6.67. The summed E-state index contributed by atoms with van der Waals surface area (Å²) in [6, 6.07) is 2.06. The predicted molar refractivity (Wildman–Crippen MR) is 64.8 cm³/mol. The van der Waals surface area contributed by atoms with Crippen LogP contribution in [0.1, 0.15) is 68.3 Å². The number of hydrogen-bond acceptors (Lipinski definition) is 3. The molecule has 1 aromatic heterocycles. The third-order valence-electron chi connectivity index (χ3n) is 4.13. The van der Waals surface area contributed by atoms with Gasteiger partial charge < -0.3 is 0 Å². The Morgan fingerprint density at radius 3 is 2.47 bits per heavy atom. The lowest BCUT2D eigenvalue weighted by molar-refractivity contribution is -0.120. The van der Waals surface area contributed by atoms with Gasteiger partial charge in [0.25, 0.3) is 0 Å². The number of aromatic nitrogens is 2. The molecule has 2 saturated carbocycles. The monoisotopic (exact) mass is 230 g/mol.